The maximum Gasteiger partial charge on any atom is 0.433 e. The molecule has 1 atom stereocenters. The number of benzene rings is 1. The predicted molar refractivity (Wildman–Crippen MR) is 87.4 cm³/mol. The van der Waals surface area contributed by atoms with Crippen LogP contribution in [0, 0.1) is 0 Å². The molecule has 130 valence electrons. The van der Waals surface area contributed by atoms with Crippen molar-refractivity contribution in [2.24, 2.45) is 0 Å². The van der Waals surface area contributed by atoms with Gasteiger partial charge < -0.3 is 9.32 Å². The van der Waals surface area contributed by atoms with Crippen LogP contribution in [0.3, 0.4) is 0 Å². The Labute approximate surface area is 142 Å². The molecule has 0 bridgehead atoms. The summed E-state index contributed by atoms with van der Waals surface area (Å²) >= 11 is 0. The van der Waals surface area contributed by atoms with Crippen molar-refractivity contribution in [3.63, 3.8) is 0 Å². The van der Waals surface area contributed by atoms with Gasteiger partial charge in [-0.2, -0.15) is 13.2 Å². The zero-order valence-electron chi connectivity index (χ0n) is 13.3. The maximum atomic E-state index is 12.9. The number of aromatic nitrogens is 2. The summed E-state index contributed by atoms with van der Waals surface area (Å²) in [7, 11) is 0. The van der Waals surface area contributed by atoms with Crippen molar-refractivity contribution in [3.8, 4) is 0 Å². The van der Waals surface area contributed by atoms with Crippen LogP contribution in [0.1, 0.15) is 30.3 Å². The number of pyridine rings is 1. The molecule has 3 heterocycles. The van der Waals surface area contributed by atoms with Crippen LogP contribution in [0.25, 0.3) is 11.1 Å². The summed E-state index contributed by atoms with van der Waals surface area (Å²) in [5.41, 5.74) is 0.660. The highest BCUT2D eigenvalue weighted by atomic mass is 19.4. The highest BCUT2D eigenvalue weighted by Crippen LogP contribution is 2.33. The Morgan fingerprint density at radius 1 is 1.04 bits per heavy atom. The molecule has 4 nitrogen and oxygen atoms in total. The molecule has 1 unspecified atom stereocenters. The van der Waals surface area contributed by atoms with Crippen molar-refractivity contribution in [3.05, 3.63) is 54.0 Å². The summed E-state index contributed by atoms with van der Waals surface area (Å²) in [4.78, 5) is 10.2. The molecule has 0 N–H and O–H groups in total. The van der Waals surface area contributed by atoms with Crippen LogP contribution < -0.4 is 4.90 Å². The number of fused-ring (bicyclic) bond motifs is 1. The van der Waals surface area contributed by atoms with E-state index in [-0.39, 0.29) is 5.92 Å². The van der Waals surface area contributed by atoms with Crippen LogP contribution in [0.4, 0.5) is 19.0 Å². The van der Waals surface area contributed by atoms with Crippen LogP contribution in [-0.2, 0) is 6.18 Å². The Morgan fingerprint density at radius 3 is 2.68 bits per heavy atom. The summed E-state index contributed by atoms with van der Waals surface area (Å²) in [5, 5.41) is 0. The summed E-state index contributed by atoms with van der Waals surface area (Å²) in [6.07, 6.45) is -2.70. The lowest BCUT2D eigenvalue weighted by Crippen LogP contribution is -2.35. The largest absolute Gasteiger partial charge is 0.440 e. The average Bonchev–Trinajstić information content (AvgIpc) is 3.05. The lowest BCUT2D eigenvalue weighted by atomic mass is 9.98. The Bertz CT molecular complexity index is 857. The number of oxazole rings is 1. The molecule has 2 aromatic heterocycles. The van der Waals surface area contributed by atoms with Crippen molar-refractivity contribution in [2.75, 3.05) is 18.0 Å². The minimum absolute atomic E-state index is 0.0393. The first-order valence-corrected chi connectivity index (χ1v) is 8.15. The number of rotatable bonds is 2. The summed E-state index contributed by atoms with van der Waals surface area (Å²) in [6, 6.07) is 11.5. The normalized spacial score (nSPS) is 18.7. The second-order valence-corrected chi connectivity index (χ2v) is 6.18. The molecule has 25 heavy (non-hydrogen) atoms. The number of piperidine rings is 1. The molecule has 0 radical (unpaired) electrons. The van der Waals surface area contributed by atoms with Gasteiger partial charge in [0.2, 0.25) is 0 Å². The van der Waals surface area contributed by atoms with Gasteiger partial charge in [-0.15, -0.1) is 0 Å². The third-order valence-electron chi connectivity index (χ3n) is 4.43. The molecule has 3 aromatic rings. The highest BCUT2D eigenvalue weighted by Gasteiger charge is 2.33. The fraction of sp³-hybridized carbons (Fsp3) is 0.333. The molecule has 1 aliphatic rings. The zero-order valence-corrected chi connectivity index (χ0v) is 13.3. The van der Waals surface area contributed by atoms with Crippen LogP contribution in [0.15, 0.2) is 46.9 Å². The number of hydrogen-bond acceptors (Lipinski definition) is 4. The van der Waals surface area contributed by atoms with E-state index in [0.29, 0.717) is 24.8 Å². The van der Waals surface area contributed by atoms with E-state index < -0.39 is 11.9 Å². The number of alkyl halides is 3. The van der Waals surface area contributed by atoms with Crippen molar-refractivity contribution in [1.82, 2.24) is 9.97 Å². The van der Waals surface area contributed by atoms with E-state index in [4.69, 9.17) is 4.42 Å². The van der Waals surface area contributed by atoms with E-state index in [9.17, 15) is 13.2 Å². The quantitative estimate of drug-likeness (QED) is 0.678. The molecular weight excluding hydrogens is 331 g/mol. The molecule has 1 aromatic carbocycles. The Morgan fingerprint density at radius 2 is 1.88 bits per heavy atom. The molecule has 1 saturated heterocycles. The smallest absolute Gasteiger partial charge is 0.433 e. The minimum atomic E-state index is -4.44. The topological polar surface area (TPSA) is 42.2 Å². The maximum absolute atomic E-state index is 12.9. The molecule has 1 fully saturated rings. The standard InChI is InChI=1S/C18H16F3N3O/c19-18(20,21)15-8-3-9-16(23-15)24-10-4-5-12(11-24)17-22-13-6-1-2-7-14(13)25-17/h1-3,6-9,12H,4-5,10-11H2. The van der Waals surface area contributed by atoms with Crippen molar-refractivity contribution in [2.45, 2.75) is 24.9 Å². The molecule has 0 amide bonds. The first-order chi connectivity index (χ1) is 12.0. The Balaban J connectivity index is 1.59. The van der Waals surface area contributed by atoms with E-state index in [2.05, 4.69) is 9.97 Å². The van der Waals surface area contributed by atoms with Gasteiger partial charge in [-0.05, 0) is 37.1 Å². The number of anilines is 1. The van der Waals surface area contributed by atoms with E-state index in [1.807, 2.05) is 29.2 Å². The van der Waals surface area contributed by atoms with Gasteiger partial charge in [-0.25, -0.2) is 9.97 Å². The minimum Gasteiger partial charge on any atom is -0.440 e. The molecule has 0 aliphatic carbocycles. The monoisotopic (exact) mass is 347 g/mol. The van der Waals surface area contributed by atoms with Gasteiger partial charge in [0.25, 0.3) is 0 Å². The van der Waals surface area contributed by atoms with E-state index in [0.717, 1.165) is 30.0 Å². The predicted octanol–water partition coefficient (Wildman–Crippen LogP) is 4.63. The fourth-order valence-corrected chi connectivity index (χ4v) is 3.21. The molecule has 7 heteroatoms. The lowest BCUT2D eigenvalue weighted by molar-refractivity contribution is -0.141. The fourth-order valence-electron chi connectivity index (χ4n) is 3.21. The van der Waals surface area contributed by atoms with Crippen molar-refractivity contribution >= 4 is 16.9 Å². The van der Waals surface area contributed by atoms with Crippen LogP contribution in [-0.4, -0.2) is 23.1 Å². The van der Waals surface area contributed by atoms with Gasteiger partial charge in [0.05, 0.1) is 5.92 Å². The third kappa shape index (κ3) is 3.18. The van der Waals surface area contributed by atoms with E-state index in [1.54, 1.807) is 6.07 Å². The first kappa shape index (κ1) is 15.9. The SMILES string of the molecule is FC(F)(F)c1cccc(N2CCCC(c3nc4ccccc4o3)C2)n1. The number of nitrogens with zero attached hydrogens (tertiary/aromatic N) is 3. The highest BCUT2D eigenvalue weighted by molar-refractivity contribution is 5.72. The third-order valence-corrected chi connectivity index (χ3v) is 4.43. The number of para-hydroxylation sites is 2. The van der Waals surface area contributed by atoms with Gasteiger partial charge in [0.1, 0.15) is 17.0 Å². The van der Waals surface area contributed by atoms with Crippen LogP contribution in [0.5, 0.6) is 0 Å². The lowest BCUT2D eigenvalue weighted by Gasteiger charge is -2.32. The van der Waals surface area contributed by atoms with Gasteiger partial charge in [-0.3, -0.25) is 0 Å². The zero-order chi connectivity index (χ0) is 17.4. The van der Waals surface area contributed by atoms with Gasteiger partial charge >= 0.3 is 6.18 Å². The van der Waals surface area contributed by atoms with Gasteiger partial charge in [-0.1, -0.05) is 18.2 Å². The van der Waals surface area contributed by atoms with E-state index in [1.165, 1.54) is 6.07 Å². The second kappa shape index (κ2) is 6.06. The van der Waals surface area contributed by atoms with Crippen molar-refractivity contribution < 1.29 is 17.6 Å². The first-order valence-electron chi connectivity index (χ1n) is 8.15. The van der Waals surface area contributed by atoms with Gasteiger partial charge in [0.15, 0.2) is 11.5 Å². The Kier molecular flexibility index (Phi) is 3.86. The van der Waals surface area contributed by atoms with Crippen molar-refractivity contribution in [1.29, 1.82) is 0 Å². The molecule has 0 spiro atoms. The average molecular weight is 347 g/mol. The van der Waals surface area contributed by atoms with Crippen LogP contribution >= 0.6 is 0 Å². The summed E-state index contributed by atoms with van der Waals surface area (Å²) < 4.78 is 44.5. The summed E-state index contributed by atoms with van der Waals surface area (Å²) in [5.74, 6) is 1.02. The molecule has 0 saturated carbocycles. The Hall–Kier alpha value is -2.57. The molecule has 4 rings (SSSR count). The van der Waals surface area contributed by atoms with Gasteiger partial charge in [0, 0.05) is 13.1 Å². The summed E-state index contributed by atoms with van der Waals surface area (Å²) in [6.45, 7) is 1.21. The number of halogens is 3. The van der Waals surface area contributed by atoms with Crippen LogP contribution in [0.2, 0.25) is 0 Å². The second-order valence-electron chi connectivity index (χ2n) is 6.18. The molecular formula is C18H16F3N3O. The van der Waals surface area contributed by atoms with E-state index >= 15 is 0 Å². The molecule has 1 aliphatic heterocycles. The number of hydrogen-bond donors (Lipinski definition) is 0.